The number of benzene rings is 2. The van der Waals surface area contributed by atoms with Gasteiger partial charge in [0.1, 0.15) is 5.82 Å². The second kappa shape index (κ2) is 6.00. The Hall–Kier alpha value is -0.950. The second-order valence-electron chi connectivity index (χ2n) is 4.04. The number of rotatable bonds is 2. The number of anilines is 1. The van der Waals surface area contributed by atoms with E-state index in [2.05, 4.69) is 43.8 Å². The van der Waals surface area contributed by atoms with Gasteiger partial charge in [-0.15, -0.1) is 0 Å². The van der Waals surface area contributed by atoms with Gasteiger partial charge in [0.15, 0.2) is 0 Å². The highest BCUT2D eigenvalue weighted by Crippen LogP contribution is 2.20. The van der Waals surface area contributed by atoms with E-state index in [-0.39, 0.29) is 11.7 Å². The highest BCUT2D eigenvalue weighted by atomic mass is 127. The Kier molecular flexibility index (Phi) is 4.57. The third kappa shape index (κ3) is 3.54. The summed E-state index contributed by atoms with van der Waals surface area (Å²) in [5, 5.41) is 2.76. The topological polar surface area (TPSA) is 29.1 Å². The molecule has 0 radical (unpaired) electrons. The molecule has 98 valence electrons. The minimum atomic E-state index is -0.282. The van der Waals surface area contributed by atoms with Crippen molar-refractivity contribution in [2.75, 3.05) is 5.32 Å². The highest BCUT2D eigenvalue weighted by molar-refractivity contribution is 14.1. The van der Waals surface area contributed by atoms with E-state index in [1.807, 2.05) is 12.1 Å². The molecule has 0 aliphatic heterocycles. The maximum Gasteiger partial charge on any atom is 0.256 e. The van der Waals surface area contributed by atoms with Gasteiger partial charge in [-0.05, 0) is 71.5 Å². The number of nitrogens with one attached hydrogen (secondary N) is 1. The van der Waals surface area contributed by atoms with Crippen molar-refractivity contribution in [1.29, 1.82) is 0 Å². The molecule has 0 aliphatic rings. The summed E-state index contributed by atoms with van der Waals surface area (Å²) >= 11 is 5.44. The predicted molar refractivity (Wildman–Crippen MR) is 85.9 cm³/mol. The van der Waals surface area contributed by atoms with Gasteiger partial charge in [-0.25, -0.2) is 4.39 Å². The minimum absolute atomic E-state index is 0.211. The maximum atomic E-state index is 13.2. The molecule has 0 aliphatic carbocycles. The molecule has 0 heterocycles. The molecule has 2 nitrogen and oxygen atoms in total. The van der Waals surface area contributed by atoms with Gasteiger partial charge in [-0.3, -0.25) is 4.79 Å². The van der Waals surface area contributed by atoms with Crippen molar-refractivity contribution in [3.8, 4) is 0 Å². The normalized spacial score (nSPS) is 10.3. The van der Waals surface area contributed by atoms with Crippen LogP contribution in [-0.4, -0.2) is 5.91 Å². The molecule has 2 aromatic rings. The van der Waals surface area contributed by atoms with E-state index < -0.39 is 0 Å². The maximum absolute atomic E-state index is 13.2. The molecule has 0 fully saturated rings. The van der Waals surface area contributed by atoms with Crippen LogP contribution in [0.3, 0.4) is 0 Å². The van der Waals surface area contributed by atoms with Crippen LogP contribution < -0.4 is 5.32 Å². The lowest BCUT2D eigenvalue weighted by atomic mass is 10.2. The number of carbonyl (C=O) groups is 1. The van der Waals surface area contributed by atoms with Crippen LogP contribution in [-0.2, 0) is 0 Å². The zero-order chi connectivity index (χ0) is 14.0. The number of aryl methyl sites for hydroxylation is 1. The van der Waals surface area contributed by atoms with Crippen molar-refractivity contribution in [2.45, 2.75) is 6.92 Å². The average Bonchev–Trinajstić information content (AvgIpc) is 2.36. The lowest BCUT2D eigenvalue weighted by Crippen LogP contribution is -2.13. The molecular weight excluding hydrogens is 424 g/mol. The first kappa shape index (κ1) is 14.5. The van der Waals surface area contributed by atoms with Crippen LogP contribution in [0.2, 0.25) is 0 Å². The van der Waals surface area contributed by atoms with Crippen LogP contribution in [0.4, 0.5) is 10.1 Å². The van der Waals surface area contributed by atoms with Crippen molar-refractivity contribution in [1.82, 2.24) is 0 Å². The summed E-state index contributed by atoms with van der Waals surface area (Å²) in [5.74, 6) is -0.494. The third-order valence-electron chi connectivity index (χ3n) is 2.59. The van der Waals surface area contributed by atoms with Crippen LogP contribution in [0.15, 0.2) is 40.9 Å². The SMILES string of the molecule is Cc1cc(NC(=O)c2cc(Br)ccc2I)ccc1F. The Balaban J connectivity index is 2.25. The van der Waals surface area contributed by atoms with E-state index >= 15 is 0 Å². The molecule has 0 saturated carbocycles. The number of hydrogen-bond donors (Lipinski definition) is 1. The molecule has 1 amide bonds. The van der Waals surface area contributed by atoms with Crippen molar-refractivity contribution in [3.63, 3.8) is 0 Å². The van der Waals surface area contributed by atoms with Crippen molar-refractivity contribution in [3.05, 3.63) is 61.4 Å². The monoisotopic (exact) mass is 433 g/mol. The molecular formula is C14H10BrFINO. The summed E-state index contributed by atoms with van der Waals surface area (Å²) in [5.41, 5.74) is 1.67. The molecule has 1 N–H and O–H groups in total. The van der Waals surface area contributed by atoms with E-state index in [9.17, 15) is 9.18 Å². The quantitative estimate of drug-likeness (QED) is 0.680. The molecule has 0 saturated heterocycles. The van der Waals surface area contributed by atoms with Gasteiger partial charge in [-0.2, -0.15) is 0 Å². The lowest BCUT2D eigenvalue weighted by molar-refractivity contribution is 0.102. The summed E-state index contributed by atoms with van der Waals surface area (Å²) < 4.78 is 14.9. The highest BCUT2D eigenvalue weighted by Gasteiger charge is 2.11. The van der Waals surface area contributed by atoms with E-state index in [1.165, 1.54) is 6.07 Å². The molecule has 0 aromatic heterocycles. The number of carbonyl (C=O) groups excluding carboxylic acids is 1. The van der Waals surface area contributed by atoms with Gasteiger partial charge in [0.05, 0.1) is 5.56 Å². The first-order valence-electron chi connectivity index (χ1n) is 5.50. The largest absolute Gasteiger partial charge is 0.322 e. The molecule has 0 spiro atoms. The van der Waals surface area contributed by atoms with Crippen LogP contribution in [0.1, 0.15) is 15.9 Å². The van der Waals surface area contributed by atoms with E-state index in [0.29, 0.717) is 16.8 Å². The van der Waals surface area contributed by atoms with Gasteiger partial charge in [0, 0.05) is 13.7 Å². The average molecular weight is 434 g/mol. The van der Waals surface area contributed by atoms with E-state index in [0.717, 1.165) is 8.04 Å². The Morgan fingerprint density at radius 3 is 2.68 bits per heavy atom. The molecule has 0 unspecified atom stereocenters. The van der Waals surface area contributed by atoms with Crippen molar-refractivity contribution < 1.29 is 9.18 Å². The lowest BCUT2D eigenvalue weighted by Gasteiger charge is -2.08. The number of hydrogen-bond acceptors (Lipinski definition) is 1. The Morgan fingerprint density at radius 2 is 2.00 bits per heavy atom. The van der Waals surface area contributed by atoms with Crippen LogP contribution >= 0.6 is 38.5 Å². The molecule has 2 rings (SSSR count). The second-order valence-corrected chi connectivity index (χ2v) is 6.12. The molecule has 5 heteroatoms. The van der Waals surface area contributed by atoms with Gasteiger partial charge >= 0.3 is 0 Å². The van der Waals surface area contributed by atoms with Crippen molar-refractivity contribution in [2.24, 2.45) is 0 Å². The predicted octanol–water partition coefficient (Wildman–Crippen LogP) is 4.75. The molecule has 0 bridgehead atoms. The summed E-state index contributed by atoms with van der Waals surface area (Å²) in [6.45, 7) is 1.66. The smallest absolute Gasteiger partial charge is 0.256 e. The minimum Gasteiger partial charge on any atom is -0.322 e. The first-order chi connectivity index (χ1) is 8.97. The van der Waals surface area contributed by atoms with E-state index in [1.54, 1.807) is 25.1 Å². The van der Waals surface area contributed by atoms with Gasteiger partial charge in [0.2, 0.25) is 0 Å². The van der Waals surface area contributed by atoms with Gasteiger partial charge in [0.25, 0.3) is 5.91 Å². The van der Waals surface area contributed by atoms with Crippen LogP contribution in [0.25, 0.3) is 0 Å². The summed E-state index contributed by atoms with van der Waals surface area (Å²) in [7, 11) is 0. The van der Waals surface area contributed by atoms with E-state index in [4.69, 9.17) is 0 Å². The fourth-order valence-electron chi connectivity index (χ4n) is 1.59. The zero-order valence-corrected chi connectivity index (χ0v) is 13.7. The Bertz CT molecular complexity index is 645. The fraction of sp³-hybridized carbons (Fsp3) is 0.0714. The first-order valence-corrected chi connectivity index (χ1v) is 7.37. The molecule has 19 heavy (non-hydrogen) atoms. The summed E-state index contributed by atoms with van der Waals surface area (Å²) in [4.78, 5) is 12.2. The van der Waals surface area contributed by atoms with Crippen LogP contribution in [0.5, 0.6) is 0 Å². The standard InChI is InChI=1S/C14H10BrFINO/c1-8-6-10(3-4-12(8)16)18-14(19)11-7-9(15)2-5-13(11)17/h2-7H,1H3,(H,18,19). The van der Waals surface area contributed by atoms with Crippen LogP contribution in [0, 0.1) is 16.3 Å². The number of halogens is 3. The fourth-order valence-corrected chi connectivity index (χ4v) is 2.53. The zero-order valence-electron chi connectivity index (χ0n) is 10.0. The molecule has 2 aromatic carbocycles. The Morgan fingerprint density at radius 1 is 1.26 bits per heavy atom. The van der Waals surface area contributed by atoms with Gasteiger partial charge in [-0.1, -0.05) is 15.9 Å². The third-order valence-corrected chi connectivity index (χ3v) is 4.02. The van der Waals surface area contributed by atoms with Gasteiger partial charge < -0.3 is 5.32 Å². The summed E-state index contributed by atoms with van der Waals surface area (Å²) in [6.07, 6.45) is 0. The Labute approximate surface area is 132 Å². The molecule has 0 atom stereocenters. The van der Waals surface area contributed by atoms with Crippen molar-refractivity contribution >= 4 is 50.1 Å². The summed E-state index contributed by atoms with van der Waals surface area (Å²) in [6, 6.07) is 9.99. The number of amides is 1.